The number of anilines is 1. The van der Waals surface area contributed by atoms with Crippen molar-refractivity contribution < 1.29 is 14.3 Å². The minimum Gasteiger partial charge on any atom is -0.494 e. The number of ether oxygens (including phenoxy) is 2. The SMILES string of the molecule is CCOc1ccc(OCC)c(NC(=O)C(C)C)c1. The molecule has 0 aromatic heterocycles. The molecule has 100 valence electrons. The van der Waals surface area contributed by atoms with E-state index in [-0.39, 0.29) is 11.8 Å². The quantitative estimate of drug-likeness (QED) is 0.845. The fourth-order valence-electron chi connectivity index (χ4n) is 1.42. The first kappa shape index (κ1) is 14.4. The predicted octanol–water partition coefficient (Wildman–Crippen LogP) is 3.08. The molecule has 0 unspecified atom stereocenters. The molecule has 0 radical (unpaired) electrons. The summed E-state index contributed by atoms with van der Waals surface area (Å²) in [5.41, 5.74) is 0.654. The highest BCUT2D eigenvalue weighted by Crippen LogP contribution is 2.29. The van der Waals surface area contributed by atoms with Crippen LogP contribution in [0.5, 0.6) is 11.5 Å². The smallest absolute Gasteiger partial charge is 0.227 e. The van der Waals surface area contributed by atoms with E-state index in [1.807, 2.05) is 39.8 Å². The zero-order chi connectivity index (χ0) is 13.5. The van der Waals surface area contributed by atoms with Crippen molar-refractivity contribution in [2.45, 2.75) is 27.7 Å². The molecule has 1 rings (SSSR count). The topological polar surface area (TPSA) is 47.6 Å². The van der Waals surface area contributed by atoms with Gasteiger partial charge in [-0.3, -0.25) is 4.79 Å². The van der Waals surface area contributed by atoms with Crippen molar-refractivity contribution >= 4 is 11.6 Å². The molecule has 0 spiro atoms. The molecule has 4 heteroatoms. The van der Waals surface area contributed by atoms with E-state index in [1.165, 1.54) is 0 Å². The number of hydrogen-bond acceptors (Lipinski definition) is 3. The van der Waals surface area contributed by atoms with Crippen LogP contribution in [0.2, 0.25) is 0 Å². The highest BCUT2D eigenvalue weighted by atomic mass is 16.5. The van der Waals surface area contributed by atoms with Crippen LogP contribution >= 0.6 is 0 Å². The Morgan fingerprint density at radius 1 is 1.22 bits per heavy atom. The number of carbonyl (C=O) groups is 1. The maximum atomic E-state index is 11.7. The molecule has 1 aromatic rings. The van der Waals surface area contributed by atoms with Crippen molar-refractivity contribution in [3.05, 3.63) is 18.2 Å². The van der Waals surface area contributed by atoms with Crippen LogP contribution in [0.25, 0.3) is 0 Å². The first-order valence-electron chi connectivity index (χ1n) is 6.29. The van der Waals surface area contributed by atoms with Crippen LogP contribution in [0.3, 0.4) is 0 Å². The minimum atomic E-state index is -0.0739. The van der Waals surface area contributed by atoms with Crippen LogP contribution in [0, 0.1) is 5.92 Å². The van der Waals surface area contributed by atoms with Crippen LogP contribution in [0.1, 0.15) is 27.7 Å². The molecule has 0 saturated carbocycles. The molecular formula is C14H21NO3. The van der Waals surface area contributed by atoms with Gasteiger partial charge in [-0.15, -0.1) is 0 Å². The molecule has 0 aliphatic rings. The van der Waals surface area contributed by atoms with E-state index in [2.05, 4.69) is 5.32 Å². The Bertz CT molecular complexity index is 402. The molecule has 0 aliphatic heterocycles. The predicted molar refractivity (Wildman–Crippen MR) is 72.2 cm³/mol. The van der Waals surface area contributed by atoms with Gasteiger partial charge in [-0.2, -0.15) is 0 Å². The van der Waals surface area contributed by atoms with Crippen LogP contribution in [-0.2, 0) is 4.79 Å². The lowest BCUT2D eigenvalue weighted by Gasteiger charge is -2.14. The Labute approximate surface area is 108 Å². The van der Waals surface area contributed by atoms with Crippen molar-refractivity contribution in [2.24, 2.45) is 5.92 Å². The third-order valence-electron chi connectivity index (χ3n) is 2.34. The van der Waals surface area contributed by atoms with Crippen LogP contribution in [-0.4, -0.2) is 19.1 Å². The molecule has 0 heterocycles. The number of nitrogens with one attached hydrogen (secondary N) is 1. The summed E-state index contributed by atoms with van der Waals surface area (Å²) >= 11 is 0. The Morgan fingerprint density at radius 2 is 1.89 bits per heavy atom. The monoisotopic (exact) mass is 251 g/mol. The third kappa shape index (κ3) is 3.95. The number of benzene rings is 1. The summed E-state index contributed by atoms with van der Waals surface area (Å²) in [6.45, 7) is 8.67. The van der Waals surface area contributed by atoms with E-state index in [1.54, 1.807) is 6.07 Å². The zero-order valence-corrected chi connectivity index (χ0v) is 11.4. The van der Waals surface area contributed by atoms with E-state index in [0.29, 0.717) is 24.7 Å². The average Bonchev–Trinajstić information content (AvgIpc) is 2.33. The van der Waals surface area contributed by atoms with Crippen molar-refractivity contribution in [3.8, 4) is 11.5 Å². The van der Waals surface area contributed by atoms with Gasteiger partial charge in [0.25, 0.3) is 0 Å². The molecule has 18 heavy (non-hydrogen) atoms. The summed E-state index contributed by atoms with van der Waals surface area (Å²) in [6.07, 6.45) is 0. The molecule has 4 nitrogen and oxygen atoms in total. The number of amides is 1. The van der Waals surface area contributed by atoms with E-state index in [9.17, 15) is 4.79 Å². The van der Waals surface area contributed by atoms with Gasteiger partial charge in [0, 0.05) is 12.0 Å². The van der Waals surface area contributed by atoms with Crippen molar-refractivity contribution in [1.29, 1.82) is 0 Å². The highest BCUT2D eigenvalue weighted by molar-refractivity contribution is 5.93. The largest absolute Gasteiger partial charge is 0.494 e. The molecule has 0 atom stereocenters. The summed E-state index contributed by atoms with van der Waals surface area (Å²) < 4.78 is 10.9. The van der Waals surface area contributed by atoms with Crippen LogP contribution in [0.15, 0.2) is 18.2 Å². The van der Waals surface area contributed by atoms with Gasteiger partial charge in [-0.25, -0.2) is 0 Å². The highest BCUT2D eigenvalue weighted by Gasteiger charge is 2.12. The lowest BCUT2D eigenvalue weighted by atomic mass is 10.2. The van der Waals surface area contributed by atoms with Crippen molar-refractivity contribution in [1.82, 2.24) is 0 Å². The average molecular weight is 251 g/mol. The Morgan fingerprint density at radius 3 is 2.44 bits per heavy atom. The van der Waals surface area contributed by atoms with E-state index >= 15 is 0 Å². The molecule has 1 amide bonds. The zero-order valence-electron chi connectivity index (χ0n) is 11.4. The van der Waals surface area contributed by atoms with E-state index in [4.69, 9.17) is 9.47 Å². The second-order valence-electron chi connectivity index (χ2n) is 4.17. The fourth-order valence-corrected chi connectivity index (χ4v) is 1.42. The van der Waals surface area contributed by atoms with Crippen LogP contribution < -0.4 is 14.8 Å². The van der Waals surface area contributed by atoms with E-state index in [0.717, 1.165) is 5.75 Å². The molecule has 0 fully saturated rings. The number of rotatable bonds is 6. The van der Waals surface area contributed by atoms with Gasteiger partial charge in [-0.1, -0.05) is 13.8 Å². The minimum absolute atomic E-state index is 0.0374. The number of hydrogen-bond donors (Lipinski definition) is 1. The van der Waals surface area contributed by atoms with Gasteiger partial charge in [0.05, 0.1) is 18.9 Å². The van der Waals surface area contributed by atoms with E-state index < -0.39 is 0 Å². The maximum absolute atomic E-state index is 11.7. The molecule has 0 saturated heterocycles. The van der Waals surface area contributed by atoms with Gasteiger partial charge in [0.15, 0.2) is 0 Å². The summed E-state index contributed by atoms with van der Waals surface area (Å²) in [5, 5.41) is 2.85. The van der Waals surface area contributed by atoms with Crippen LogP contribution in [0.4, 0.5) is 5.69 Å². The normalized spacial score (nSPS) is 10.3. The number of carbonyl (C=O) groups excluding carboxylic acids is 1. The molecule has 0 bridgehead atoms. The molecule has 1 aromatic carbocycles. The van der Waals surface area contributed by atoms with Gasteiger partial charge < -0.3 is 14.8 Å². The van der Waals surface area contributed by atoms with Gasteiger partial charge in [-0.05, 0) is 26.0 Å². The first-order valence-corrected chi connectivity index (χ1v) is 6.29. The van der Waals surface area contributed by atoms with Crippen molar-refractivity contribution in [3.63, 3.8) is 0 Å². The summed E-state index contributed by atoms with van der Waals surface area (Å²) in [7, 11) is 0. The molecule has 1 N–H and O–H groups in total. The van der Waals surface area contributed by atoms with Gasteiger partial charge >= 0.3 is 0 Å². The Balaban J connectivity index is 2.95. The second-order valence-corrected chi connectivity index (χ2v) is 4.17. The lowest BCUT2D eigenvalue weighted by molar-refractivity contribution is -0.118. The Kier molecular flexibility index (Phi) is 5.49. The Hall–Kier alpha value is -1.71. The van der Waals surface area contributed by atoms with Gasteiger partial charge in [0.1, 0.15) is 11.5 Å². The summed E-state index contributed by atoms with van der Waals surface area (Å²) in [4.78, 5) is 11.7. The standard InChI is InChI=1S/C14H21NO3/c1-5-17-11-7-8-13(18-6-2)12(9-11)15-14(16)10(3)4/h7-10H,5-6H2,1-4H3,(H,15,16). The van der Waals surface area contributed by atoms with Gasteiger partial charge in [0.2, 0.25) is 5.91 Å². The molecular weight excluding hydrogens is 230 g/mol. The molecule has 0 aliphatic carbocycles. The third-order valence-corrected chi connectivity index (χ3v) is 2.34. The first-order chi connectivity index (χ1) is 8.58. The summed E-state index contributed by atoms with van der Waals surface area (Å²) in [6, 6.07) is 5.43. The maximum Gasteiger partial charge on any atom is 0.227 e. The summed E-state index contributed by atoms with van der Waals surface area (Å²) in [5.74, 6) is 1.27. The fraction of sp³-hybridized carbons (Fsp3) is 0.500. The second kappa shape index (κ2) is 6.89. The lowest BCUT2D eigenvalue weighted by Crippen LogP contribution is -2.18. The van der Waals surface area contributed by atoms with Crippen molar-refractivity contribution in [2.75, 3.05) is 18.5 Å².